The van der Waals surface area contributed by atoms with Gasteiger partial charge in [0.1, 0.15) is 5.82 Å². The maximum atomic E-state index is 13.6. The molecule has 0 aliphatic carbocycles. The Morgan fingerprint density at radius 3 is 2.70 bits per heavy atom. The Morgan fingerprint density at radius 2 is 2.10 bits per heavy atom. The van der Waals surface area contributed by atoms with Gasteiger partial charge in [-0.05, 0) is 37.6 Å². The van der Waals surface area contributed by atoms with Crippen LogP contribution in [-0.4, -0.2) is 36.5 Å². The number of nitrogens with zero attached hydrogens (tertiary/aromatic N) is 1. The molecule has 4 nitrogen and oxygen atoms in total. The van der Waals surface area contributed by atoms with Crippen molar-refractivity contribution in [1.82, 2.24) is 4.90 Å². The van der Waals surface area contributed by atoms with Crippen molar-refractivity contribution in [3.63, 3.8) is 0 Å². The first-order valence-electron chi connectivity index (χ1n) is 7.14. The van der Waals surface area contributed by atoms with Gasteiger partial charge in [-0.2, -0.15) is 0 Å². The minimum Gasteiger partial charge on any atom is -0.382 e. The highest BCUT2D eigenvalue weighted by Crippen LogP contribution is 2.22. The van der Waals surface area contributed by atoms with Crippen LogP contribution >= 0.6 is 0 Å². The SMILES string of the molecule is CCN1CCC(Nc2ccc(F)c(NC(C)=O)c2)CC1. The normalized spacial score (nSPS) is 16.9. The van der Waals surface area contributed by atoms with E-state index in [9.17, 15) is 9.18 Å². The summed E-state index contributed by atoms with van der Waals surface area (Å²) in [5, 5.41) is 5.93. The van der Waals surface area contributed by atoms with Gasteiger partial charge in [0.05, 0.1) is 5.69 Å². The first-order chi connectivity index (χ1) is 9.58. The van der Waals surface area contributed by atoms with Crippen LogP contribution in [0.4, 0.5) is 15.8 Å². The van der Waals surface area contributed by atoms with Gasteiger partial charge in [0.25, 0.3) is 0 Å². The highest BCUT2D eigenvalue weighted by atomic mass is 19.1. The molecule has 1 aliphatic heterocycles. The van der Waals surface area contributed by atoms with E-state index in [1.807, 2.05) is 0 Å². The van der Waals surface area contributed by atoms with Crippen molar-refractivity contribution in [2.75, 3.05) is 30.3 Å². The summed E-state index contributed by atoms with van der Waals surface area (Å²) in [5.74, 6) is -0.677. The largest absolute Gasteiger partial charge is 0.382 e. The number of likely N-dealkylation sites (tertiary alicyclic amines) is 1. The number of hydrogen-bond donors (Lipinski definition) is 2. The molecular weight excluding hydrogens is 257 g/mol. The van der Waals surface area contributed by atoms with Crippen molar-refractivity contribution in [1.29, 1.82) is 0 Å². The second-order valence-corrected chi connectivity index (χ2v) is 5.23. The van der Waals surface area contributed by atoms with E-state index in [1.54, 1.807) is 12.1 Å². The molecule has 0 unspecified atom stereocenters. The van der Waals surface area contributed by atoms with Crippen molar-refractivity contribution in [2.45, 2.75) is 32.7 Å². The summed E-state index contributed by atoms with van der Waals surface area (Å²) in [4.78, 5) is 13.5. The van der Waals surface area contributed by atoms with Crippen molar-refractivity contribution < 1.29 is 9.18 Å². The topological polar surface area (TPSA) is 44.4 Å². The van der Waals surface area contributed by atoms with Gasteiger partial charge in [0.2, 0.25) is 5.91 Å². The van der Waals surface area contributed by atoms with Crippen molar-refractivity contribution >= 4 is 17.3 Å². The molecule has 2 N–H and O–H groups in total. The Bertz CT molecular complexity index is 470. The van der Waals surface area contributed by atoms with Gasteiger partial charge in [-0.3, -0.25) is 4.79 Å². The lowest BCUT2D eigenvalue weighted by molar-refractivity contribution is -0.114. The zero-order chi connectivity index (χ0) is 14.5. The summed E-state index contributed by atoms with van der Waals surface area (Å²) >= 11 is 0. The fraction of sp³-hybridized carbons (Fsp3) is 0.533. The van der Waals surface area contributed by atoms with E-state index < -0.39 is 5.82 Å². The molecule has 1 fully saturated rings. The maximum Gasteiger partial charge on any atom is 0.221 e. The third-order valence-electron chi connectivity index (χ3n) is 3.68. The Balaban J connectivity index is 1.98. The minimum absolute atomic E-state index is 0.230. The van der Waals surface area contributed by atoms with E-state index in [0.29, 0.717) is 6.04 Å². The summed E-state index contributed by atoms with van der Waals surface area (Å²) in [5.41, 5.74) is 1.08. The van der Waals surface area contributed by atoms with Crippen LogP contribution < -0.4 is 10.6 Å². The van der Waals surface area contributed by atoms with Gasteiger partial charge >= 0.3 is 0 Å². The second-order valence-electron chi connectivity index (χ2n) is 5.23. The van der Waals surface area contributed by atoms with E-state index >= 15 is 0 Å². The number of halogens is 1. The summed E-state index contributed by atoms with van der Waals surface area (Å²) < 4.78 is 13.6. The van der Waals surface area contributed by atoms with Crippen LogP contribution in [0, 0.1) is 5.82 Å². The zero-order valence-corrected chi connectivity index (χ0v) is 12.1. The Kier molecular flexibility index (Phi) is 4.95. The zero-order valence-electron chi connectivity index (χ0n) is 12.1. The minimum atomic E-state index is -0.411. The van der Waals surface area contributed by atoms with Crippen LogP contribution in [0.5, 0.6) is 0 Å². The number of carbonyl (C=O) groups is 1. The second kappa shape index (κ2) is 6.70. The lowest BCUT2D eigenvalue weighted by atomic mass is 10.0. The van der Waals surface area contributed by atoms with Crippen LogP contribution in [-0.2, 0) is 4.79 Å². The molecule has 0 bridgehead atoms. The Hall–Kier alpha value is -1.62. The van der Waals surface area contributed by atoms with Crippen molar-refractivity contribution in [3.05, 3.63) is 24.0 Å². The molecule has 1 heterocycles. The average Bonchev–Trinajstić information content (AvgIpc) is 2.43. The first-order valence-corrected chi connectivity index (χ1v) is 7.14. The number of nitrogens with one attached hydrogen (secondary N) is 2. The molecule has 1 aromatic carbocycles. The van der Waals surface area contributed by atoms with E-state index in [-0.39, 0.29) is 11.6 Å². The molecule has 0 atom stereocenters. The molecule has 1 amide bonds. The van der Waals surface area contributed by atoms with Gasteiger partial charge in [-0.15, -0.1) is 0 Å². The molecule has 0 saturated carbocycles. The number of anilines is 2. The Morgan fingerprint density at radius 1 is 1.40 bits per heavy atom. The number of hydrogen-bond acceptors (Lipinski definition) is 3. The molecule has 5 heteroatoms. The fourth-order valence-electron chi connectivity index (χ4n) is 2.53. The Labute approximate surface area is 119 Å². The third kappa shape index (κ3) is 3.93. The van der Waals surface area contributed by atoms with Gasteiger partial charge in [0.15, 0.2) is 0 Å². The first kappa shape index (κ1) is 14.8. The van der Waals surface area contributed by atoms with E-state index in [0.717, 1.165) is 38.2 Å². The molecule has 2 rings (SSSR count). The van der Waals surface area contributed by atoms with Crippen LogP contribution in [0.1, 0.15) is 26.7 Å². The van der Waals surface area contributed by atoms with E-state index in [1.165, 1.54) is 13.0 Å². The molecular formula is C15H22FN3O. The maximum absolute atomic E-state index is 13.6. The third-order valence-corrected chi connectivity index (χ3v) is 3.68. The summed E-state index contributed by atoms with van der Waals surface area (Å²) in [6.07, 6.45) is 2.17. The van der Waals surface area contributed by atoms with Gasteiger partial charge in [-0.25, -0.2) is 4.39 Å². The fourth-order valence-corrected chi connectivity index (χ4v) is 2.53. The van der Waals surface area contributed by atoms with Crippen molar-refractivity contribution in [2.24, 2.45) is 0 Å². The standard InChI is InChI=1S/C15H22FN3O/c1-3-19-8-6-12(7-9-19)18-13-4-5-14(16)15(10-13)17-11(2)20/h4-5,10,12,18H,3,6-9H2,1-2H3,(H,17,20). The van der Waals surface area contributed by atoms with Crippen molar-refractivity contribution in [3.8, 4) is 0 Å². The number of amides is 1. The highest BCUT2D eigenvalue weighted by Gasteiger charge is 2.18. The summed E-state index contributed by atoms with van der Waals surface area (Å²) in [6, 6.07) is 5.17. The van der Waals surface area contributed by atoms with Gasteiger partial charge in [-0.1, -0.05) is 6.92 Å². The van der Waals surface area contributed by atoms with E-state index in [4.69, 9.17) is 0 Å². The van der Waals surface area contributed by atoms with Gasteiger partial charge < -0.3 is 15.5 Å². The number of carbonyl (C=O) groups excluding carboxylic acids is 1. The molecule has 20 heavy (non-hydrogen) atoms. The predicted octanol–water partition coefficient (Wildman–Crippen LogP) is 2.68. The molecule has 0 spiro atoms. The summed E-state index contributed by atoms with van der Waals surface area (Å²) in [7, 11) is 0. The molecule has 1 saturated heterocycles. The number of benzene rings is 1. The van der Waals surface area contributed by atoms with Crippen LogP contribution in [0.15, 0.2) is 18.2 Å². The van der Waals surface area contributed by atoms with Gasteiger partial charge in [0, 0.05) is 31.7 Å². The van der Waals surface area contributed by atoms with Crippen LogP contribution in [0.3, 0.4) is 0 Å². The quantitative estimate of drug-likeness (QED) is 0.890. The van der Waals surface area contributed by atoms with Crippen LogP contribution in [0.2, 0.25) is 0 Å². The highest BCUT2D eigenvalue weighted by molar-refractivity contribution is 5.89. The molecule has 0 aromatic heterocycles. The average molecular weight is 279 g/mol. The monoisotopic (exact) mass is 279 g/mol. The van der Waals surface area contributed by atoms with E-state index in [2.05, 4.69) is 22.5 Å². The number of piperidine rings is 1. The lowest BCUT2D eigenvalue weighted by Crippen LogP contribution is -2.38. The molecule has 110 valence electrons. The van der Waals surface area contributed by atoms with Crippen LogP contribution in [0.25, 0.3) is 0 Å². The molecule has 0 radical (unpaired) electrons. The number of rotatable bonds is 4. The smallest absolute Gasteiger partial charge is 0.221 e. The molecule has 1 aromatic rings. The molecule has 1 aliphatic rings. The summed E-state index contributed by atoms with van der Waals surface area (Å²) in [6.45, 7) is 6.82. The lowest BCUT2D eigenvalue weighted by Gasteiger charge is -2.32. The predicted molar refractivity (Wildman–Crippen MR) is 79.5 cm³/mol.